The SMILES string of the molecule is CCC(N)C(CC)OS(C)(=O)=O. The van der Waals surface area contributed by atoms with E-state index in [9.17, 15) is 8.42 Å². The van der Waals surface area contributed by atoms with Gasteiger partial charge in [0.15, 0.2) is 0 Å². The van der Waals surface area contributed by atoms with Gasteiger partial charge in [-0.05, 0) is 12.8 Å². The largest absolute Gasteiger partial charge is 0.325 e. The van der Waals surface area contributed by atoms with Crippen LogP contribution in [0.1, 0.15) is 26.7 Å². The first-order valence-corrected chi connectivity index (χ1v) is 5.86. The molecule has 2 N–H and O–H groups in total. The van der Waals surface area contributed by atoms with Gasteiger partial charge in [0.1, 0.15) is 0 Å². The van der Waals surface area contributed by atoms with Crippen molar-refractivity contribution in [1.82, 2.24) is 0 Å². The van der Waals surface area contributed by atoms with Gasteiger partial charge in [-0.3, -0.25) is 4.18 Å². The molecule has 0 aromatic heterocycles. The van der Waals surface area contributed by atoms with Crippen LogP contribution in [0.5, 0.6) is 0 Å². The third-order valence-electron chi connectivity index (χ3n) is 1.65. The maximum absolute atomic E-state index is 10.7. The second kappa shape index (κ2) is 4.79. The molecule has 0 saturated carbocycles. The lowest BCUT2D eigenvalue weighted by molar-refractivity contribution is 0.173. The molecule has 2 atom stereocenters. The molecule has 0 amide bonds. The molecule has 0 radical (unpaired) electrons. The third-order valence-corrected chi connectivity index (χ3v) is 2.25. The topological polar surface area (TPSA) is 69.4 Å². The van der Waals surface area contributed by atoms with Gasteiger partial charge < -0.3 is 5.73 Å². The number of hydrogen-bond donors (Lipinski definition) is 1. The van der Waals surface area contributed by atoms with Crippen LogP contribution in [-0.2, 0) is 14.3 Å². The summed E-state index contributed by atoms with van der Waals surface area (Å²) in [4.78, 5) is 0. The van der Waals surface area contributed by atoms with E-state index in [1.165, 1.54) is 0 Å². The lowest BCUT2D eigenvalue weighted by Gasteiger charge is -2.19. The van der Waals surface area contributed by atoms with Gasteiger partial charge in [-0.15, -0.1) is 0 Å². The minimum atomic E-state index is -3.37. The molecule has 74 valence electrons. The Hall–Kier alpha value is -0.130. The zero-order valence-electron chi connectivity index (χ0n) is 7.78. The zero-order chi connectivity index (χ0) is 9.78. The predicted molar refractivity (Wildman–Crippen MR) is 48.3 cm³/mol. The van der Waals surface area contributed by atoms with Crippen LogP contribution in [0.15, 0.2) is 0 Å². The van der Waals surface area contributed by atoms with Crippen LogP contribution < -0.4 is 5.73 Å². The average Bonchev–Trinajstić information content (AvgIpc) is 1.97. The zero-order valence-corrected chi connectivity index (χ0v) is 8.60. The molecule has 0 fully saturated rings. The molecular formula is C7H17NO3S. The minimum absolute atomic E-state index is 0.204. The highest BCUT2D eigenvalue weighted by atomic mass is 32.2. The molecule has 0 aliphatic rings. The van der Waals surface area contributed by atoms with Crippen LogP contribution in [0.3, 0.4) is 0 Å². The Morgan fingerprint density at radius 3 is 2.08 bits per heavy atom. The van der Waals surface area contributed by atoms with Gasteiger partial charge in [0.2, 0.25) is 0 Å². The predicted octanol–water partition coefficient (Wildman–Crippen LogP) is 0.479. The van der Waals surface area contributed by atoms with Crippen LogP contribution in [0, 0.1) is 0 Å². The molecule has 0 bridgehead atoms. The lowest BCUT2D eigenvalue weighted by atomic mass is 10.1. The van der Waals surface area contributed by atoms with Crippen molar-refractivity contribution in [3.63, 3.8) is 0 Å². The summed E-state index contributed by atoms with van der Waals surface area (Å²) in [7, 11) is -3.37. The molecule has 0 aromatic rings. The quantitative estimate of drug-likeness (QED) is 0.648. The summed E-state index contributed by atoms with van der Waals surface area (Å²) in [6, 6.07) is -0.204. The van der Waals surface area contributed by atoms with Crippen LogP contribution in [-0.4, -0.2) is 26.8 Å². The number of rotatable bonds is 5. The summed E-state index contributed by atoms with van der Waals surface area (Å²) in [5.41, 5.74) is 5.65. The van der Waals surface area contributed by atoms with E-state index in [1.54, 1.807) is 0 Å². The first-order chi connectivity index (χ1) is 5.40. The molecule has 5 heteroatoms. The van der Waals surface area contributed by atoms with Gasteiger partial charge in [0.05, 0.1) is 12.4 Å². The monoisotopic (exact) mass is 195 g/mol. The number of hydrogen-bond acceptors (Lipinski definition) is 4. The molecule has 2 unspecified atom stereocenters. The molecule has 0 aliphatic carbocycles. The smallest absolute Gasteiger partial charge is 0.264 e. The molecule has 0 rings (SSSR count). The Labute approximate surface area is 74.2 Å². The van der Waals surface area contributed by atoms with Crippen molar-refractivity contribution in [2.24, 2.45) is 5.73 Å². The second-order valence-electron chi connectivity index (χ2n) is 2.82. The third kappa shape index (κ3) is 4.69. The summed E-state index contributed by atoms with van der Waals surface area (Å²) < 4.78 is 26.3. The molecule has 0 spiro atoms. The van der Waals surface area contributed by atoms with Crippen molar-refractivity contribution < 1.29 is 12.6 Å². The maximum Gasteiger partial charge on any atom is 0.264 e. The van der Waals surface area contributed by atoms with Crippen molar-refractivity contribution in [3.8, 4) is 0 Å². The van der Waals surface area contributed by atoms with Gasteiger partial charge >= 0.3 is 0 Å². The van der Waals surface area contributed by atoms with E-state index in [0.29, 0.717) is 12.8 Å². The van der Waals surface area contributed by atoms with Gasteiger partial charge in [0.25, 0.3) is 10.1 Å². The van der Waals surface area contributed by atoms with Crippen molar-refractivity contribution in [2.75, 3.05) is 6.26 Å². The Kier molecular flexibility index (Phi) is 4.74. The molecule has 4 nitrogen and oxygen atoms in total. The normalized spacial score (nSPS) is 17.3. The van der Waals surface area contributed by atoms with E-state index in [1.807, 2.05) is 13.8 Å². The Morgan fingerprint density at radius 1 is 1.33 bits per heavy atom. The Balaban J connectivity index is 4.18. The average molecular weight is 195 g/mol. The van der Waals surface area contributed by atoms with Gasteiger partial charge in [-0.2, -0.15) is 8.42 Å². The fourth-order valence-corrected chi connectivity index (χ4v) is 1.66. The van der Waals surface area contributed by atoms with Gasteiger partial charge in [-0.1, -0.05) is 13.8 Å². The molecule has 0 heterocycles. The summed E-state index contributed by atoms with van der Waals surface area (Å²) >= 11 is 0. The Bertz CT molecular complexity index is 213. The van der Waals surface area contributed by atoms with Crippen LogP contribution >= 0.6 is 0 Å². The van der Waals surface area contributed by atoms with E-state index in [4.69, 9.17) is 9.92 Å². The Morgan fingerprint density at radius 2 is 1.83 bits per heavy atom. The van der Waals surface area contributed by atoms with Crippen molar-refractivity contribution in [1.29, 1.82) is 0 Å². The van der Waals surface area contributed by atoms with E-state index >= 15 is 0 Å². The summed E-state index contributed by atoms with van der Waals surface area (Å²) in [5.74, 6) is 0. The van der Waals surface area contributed by atoms with Crippen LogP contribution in [0.4, 0.5) is 0 Å². The molecule has 0 aromatic carbocycles. The fourth-order valence-electron chi connectivity index (χ4n) is 0.930. The van der Waals surface area contributed by atoms with Crippen molar-refractivity contribution >= 4 is 10.1 Å². The number of nitrogens with two attached hydrogens (primary N) is 1. The molecule has 12 heavy (non-hydrogen) atoms. The van der Waals surface area contributed by atoms with Crippen LogP contribution in [0.2, 0.25) is 0 Å². The lowest BCUT2D eigenvalue weighted by Crippen LogP contribution is -2.37. The van der Waals surface area contributed by atoms with Crippen molar-refractivity contribution in [2.45, 2.75) is 38.8 Å². The fraction of sp³-hybridized carbons (Fsp3) is 1.00. The van der Waals surface area contributed by atoms with E-state index in [0.717, 1.165) is 6.26 Å². The standard InChI is InChI=1S/C7H17NO3S/c1-4-6(8)7(5-2)11-12(3,9)10/h6-7H,4-5,8H2,1-3H3. The van der Waals surface area contributed by atoms with Gasteiger partial charge in [0, 0.05) is 6.04 Å². The highest BCUT2D eigenvalue weighted by Crippen LogP contribution is 2.08. The van der Waals surface area contributed by atoms with Crippen molar-refractivity contribution in [3.05, 3.63) is 0 Å². The van der Waals surface area contributed by atoms with E-state index in [-0.39, 0.29) is 12.1 Å². The first-order valence-electron chi connectivity index (χ1n) is 4.04. The summed E-state index contributed by atoms with van der Waals surface area (Å²) in [5, 5.41) is 0. The highest BCUT2D eigenvalue weighted by Gasteiger charge is 2.19. The molecular weight excluding hydrogens is 178 g/mol. The summed E-state index contributed by atoms with van der Waals surface area (Å²) in [6.07, 6.45) is 1.98. The summed E-state index contributed by atoms with van der Waals surface area (Å²) in [6.45, 7) is 3.75. The second-order valence-corrected chi connectivity index (χ2v) is 4.42. The highest BCUT2D eigenvalue weighted by molar-refractivity contribution is 7.86. The minimum Gasteiger partial charge on any atom is -0.325 e. The first kappa shape index (κ1) is 11.9. The van der Waals surface area contributed by atoms with E-state index in [2.05, 4.69) is 0 Å². The van der Waals surface area contributed by atoms with Gasteiger partial charge in [-0.25, -0.2) is 0 Å². The molecule has 0 saturated heterocycles. The maximum atomic E-state index is 10.7. The molecule has 0 aliphatic heterocycles. The van der Waals surface area contributed by atoms with E-state index < -0.39 is 10.1 Å². The van der Waals surface area contributed by atoms with Crippen LogP contribution in [0.25, 0.3) is 0 Å².